The third kappa shape index (κ3) is 2.44. The van der Waals surface area contributed by atoms with E-state index in [1.54, 1.807) is 43.1 Å². The SMILES string of the molecule is CCOC(=O)c1ccccc1N1C(=O)CN(C)C1=S. The van der Waals surface area contributed by atoms with Crippen molar-refractivity contribution < 1.29 is 14.3 Å². The lowest BCUT2D eigenvalue weighted by Gasteiger charge is -2.19. The first-order valence-electron chi connectivity index (χ1n) is 5.90. The standard InChI is InChI=1S/C13H14N2O3S/c1-3-18-12(17)9-6-4-5-7-10(9)15-11(16)8-14(2)13(15)19/h4-7H,3,8H2,1-2H3. The zero-order valence-corrected chi connectivity index (χ0v) is 11.6. The van der Waals surface area contributed by atoms with Gasteiger partial charge in [0, 0.05) is 7.05 Å². The minimum atomic E-state index is -0.455. The number of carbonyl (C=O) groups excluding carboxylic acids is 2. The van der Waals surface area contributed by atoms with Gasteiger partial charge in [-0.15, -0.1) is 0 Å². The van der Waals surface area contributed by atoms with Gasteiger partial charge in [0.25, 0.3) is 5.91 Å². The number of rotatable bonds is 3. The van der Waals surface area contributed by atoms with Gasteiger partial charge < -0.3 is 9.64 Å². The van der Waals surface area contributed by atoms with Crippen LogP contribution in [0.15, 0.2) is 24.3 Å². The van der Waals surface area contributed by atoms with Gasteiger partial charge in [0.1, 0.15) is 0 Å². The number of hydrogen-bond donors (Lipinski definition) is 0. The second kappa shape index (κ2) is 5.36. The summed E-state index contributed by atoms with van der Waals surface area (Å²) >= 11 is 5.21. The molecule has 0 spiro atoms. The Morgan fingerprint density at radius 2 is 2.11 bits per heavy atom. The Hall–Kier alpha value is -1.95. The van der Waals surface area contributed by atoms with Gasteiger partial charge in [-0.05, 0) is 31.3 Å². The average molecular weight is 278 g/mol. The van der Waals surface area contributed by atoms with E-state index in [4.69, 9.17) is 17.0 Å². The lowest BCUT2D eigenvalue weighted by atomic mass is 10.1. The summed E-state index contributed by atoms with van der Waals surface area (Å²) in [6.07, 6.45) is 0. The molecule has 0 atom stereocenters. The summed E-state index contributed by atoms with van der Waals surface area (Å²) in [4.78, 5) is 26.9. The van der Waals surface area contributed by atoms with Gasteiger partial charge in [-0.3, -0.25) is 9.69 Å². The number of esters is 1. The van der Waals surface area contributed by atoms with Crippen LogP contribution in [-0.4, -0.2) is 42.1 Å². The van der Waals surface area contributed by atoms with Crippen molar-refractivity contribution in [3.8, 4) is 0 Å². The number of likely N-dealkylation sites (N-methyl/N-ethyl adjacent to an activating group) is 1. The zero-order valence-electron chi connectivity index (χ0n) is 10.8. The molecule has 1 aromatic carbocycles. The molecule has 1 aliphatic heterocycles. The van der Waals surface area contributed by atoms with Crippen LogP contribution in [0, 0.1) is 0 Å². The minimum absolute atomic E-state index is 0.149. The highest BCUT2D eigenvalue weighted by Crippen LogP contribution is 2.25. The van der Waals surface area contributed by atoms with Crippen molar-refractivity contribution in [2.45, 2.75) is 6.92 Å². The van der Waals surface area contributed by atoms with Gasteiger partial charge in [-0.25, -0.2) is 4.79 Å². The first-order valence-corrected chi connectivity index (χ1v) is 6.31. The molecule has 1 fully saturated rings. The maximum absolute atomic E-state index is 12.0. The minimum Gasteiger partial charge on any atom is -0.462 e. The largest absolute Gasteiger partial charge is 0.462 e. The van der Waals surface area contributed by atoms with Crippen LogP contribution in [0.2, 0.25) is 0 Å². The van der Waals surface area contributed by atoms with Crippen molar-refractivity contribution in [1.29, 1.82) is 0 Å². The Bertz CT molecular complexity index is 544. The topological polar surface area (TPSA) is 49.9 Å². The van der Waals surface area contributed by atoms with Crippen LogP contribution in [0.5, 0.6) is 0 Å². The molecule has 0 aliphatic carbocycles. The Balaban J connectivity index is 2.43. The Morgan fingerprint density at radius 3 is 2.68 bits per heavy atom. The number of thiocarbonyl (C=S) groups is 1. The quantitative estimate of drug-likeness (QED) is 0.618. The maximum Gasteiger partial charge on any atom is 0.340 e. The summed E-state index contributed by atoms with van der Waals surface area (Å²) < 4.78 is 4.99. The van der Waals surface area contributed by atoms with E-state index in [9.17, 15) is 9.59 Å². The van der Waals surface area contributed by atoms with E-state index in [1.165, 1.54) is 4.90 Å². The molecular weight excluding hydrogens is 264 g/mol. The van der Waals surface area contributed by atoms with Crippen LogP contribution in [-0.2, 0) is 9.53 Å². The van der Waals surface area contributed by atoms with Crippen LogP contribution in [0.4, 0.5) is 5.69 Å². The molecule has 6 heteroatoms. The molecule has 0 N–H and O–H groups in total. The lowest BCUT2D eigenvalue weighted by Crippen LogP contribution is -2.32. The van der Waals surface area contributed by atoms with Gasteiger partial charge >= 0.3 is 5.97 Å². The highest BCUT2D eigenvalue weighted by molar-refractivity contribution is 7.80. The zero-order chi connectivity index (χ0) is 14.0. The van der Waals surface area contributed by atoms with Crippen molar-refractivity contribution in [2.24, 2.45) is 0 Å². The van der Waals surface area contributed by atoms with E-state index >= 15 is 0 Å². The maximum atomic E-state index is 12.0. The summed E-state index contributed by atoms with van der Waals surface area (Å²) in [5, 5.41) is 0.391. The number of nitrogens with zero attached hydrogens (tertiary/aromatic N) is 2. The van der Waals surface area contributed by atoms with Gasteiger partial charge in [-0.1, -0.05) is 12.1 Å². The molecule has 1 heterocycles. The van der Waals surface area contributed by atoms with Crippen molar-refractivity contribution in [3.05, 3.63) is 29.8 Å². The molecule has 1 aromatic rings. The normalized spacial score (nSPS) is 15.1. The highest BCUT2D eigenvalue weighted by Gasteiger charge is 2.33. The predicted octanol–water partition coefficient (Wildman–Crippen LogP) is 1.43. The molecule has 1 saturated heterocycles. The van der Waals surface area contributed by atoms with E-state index in [0.717, 1.165) is 0 Å². The molecule has 0 saturated carbocycles. The smallest absolute Gasteiger partial charge is 0.340 e. The van der Waals surface area contributed by atoms with Crippen molar-refractivity contribution >= 4 is 34.9 Å². The number of anilines is 1. The van der Waals surface area contributed by atoms with Crippen LogP contribution in [0.1, 0.15) is 17.3 Å². The first-order chi connectivity index (χ1) is 9.06. The van der Waals surface area contributed by atoms with Gasteiger partial charge in [-0.2, -0.15) is 0 Å². The fraction of sp³-hybridized carbons (Fsp3) is 0.308. The molecule has 1 amide bonds. The molecular formula is C13H14N2O3S. The fourth-order valence-corrected chi connectivity index (χ4v) is 2.17. The van der Waals surface area contributed by atoms with Crippen LogP contribution in [0.3, 0.4) is 0 Å². The van der Waals surface area contributed by atoms with E-state index in [-0.39, 0.29) is 19.1 Å². The molecule has 5 nitrogen and oxygen atoms in total. The molecule has 100 valence electrons. The van der Waals surface area contributed by atoms with Crippen LogP contribution >= 0.6 is 12.2 Å². The average Bonchev–Trinajstić information content (AvgIpc) is 2.63. The predicted molar refractivity (Wildman–Crippen MR) is 75.1 cm³/mol. The molecule has 19 heavy (non-hydrogen) atoms. The second-order valence-electron chi connectivity index (χ2n) is 4.11. The highest BCUT2D eigenvalue weighted by atomic mass is 32.1. The summed E-state index contributed by atoms with van der Waals surface area (Å²) in [6, 6.07) is 6.80. The van der Waals surface area contributed by atoms with Crippen molar-refractivity contribution in [1.82, 2.24) is 4.90 Å². The second-order valence-corrected chi connectivity index (χ2v) is 4.47. The lowest BCUT2D eigenvalue weighted by molar-refractivity contribution is -0.116. The molecule has 2 rings (SSSR count). The summed E-state index contributed by atoms with van der Waals surface area (Å²) in [6.45, 7) is 2.24. The number of para-hydroxylation sites is 1. The monoisotopic (exact) mass is 278 g/mol. The molecule has 0 radical (unpaired) electrons. The Labute approximate surface area is 116 Å². The van der Waals surface area contributed by atoms with E-state index in [2.05, 4.69) is 0 Å². The van der Waals surface area contributed by atoms with E-state index in [1.807, 2.05) is 0 Å². The van der Waals surface area contributed by atoms with Crippen molar-refractivity contribution in [2.75, 3.05) is 25.1 Å². The first kappa shape index (κ1) is 13.5. The van der Waals surface area contributed by atoms with Crippen LogP contribution in [0.25, 0.3) is 0 Å². The van der Waals surface area contributed by atoms with Crippen molar-refractivity contribution in [3.63, 3.8) is 0 Å². The summed E-state index contributed by atoms with van der Waals surface area (Å²) in [7, 11) is 1.74. The van der Waals surface area contributed by atoms with Crippen LogP contribution < -0.4 is 4.90 Å². The molecule has 0 aromatic heterocycles. The number of ether oxygens (including phenoxy) is 1. The number of carbonyl (C=O) groups is 2. The van der Waals surface area contributed by atoms with Gasteiger partial charge in [0.2, 0.25) is 0 Å². The number of benzene rings is 1. The Kier molecular flexibility index (Phi) is 3.80. The number of amides is 1. The summed E-state index contributed by atoms with van der Waals surface area (Å²) in [5.74, 6) is -0.604. The Morgan fingerprint density at radius 1 is 1.42 bits per heavy atom. The number of hydrogen-bond acceptors (Lipinski definition) is 4. The third-order valence-corrected chi connectivity index (χ3v) is 3.27. The molecule has 0 bridgehead atoms. The fourth-order valence-electron chi connectivity index (χ4n) is 1.91. The van der Waals surface area contributed by atoms with Gasteiger partial charge in [0.15, 0.2) is 5.11 Å². The van der Waals surface area contributed by atoms with E-state index < -0.39 is 5.97 Å². The third-order valence-electron chi connectivity index (χ3n) is 2.78. The van der Waals surface area contributed by atoms with Gasteiger partial charge in [0.05, 0.1) is 24.4 Å². The molecule has 0 unspecified atom stereocenters. The van der Waals surface area contributed by atoms with E-state index in [0.29, 0.717) is 16.4 Å². The molecule has 1 aliphatic rings. The summed E-state index contributed by atoms with van der Waals surface area (Å²) in [5.41, 5.74) is 0.815.